The van der Waals surface area contributed by atoms with Crippen LogP contribution in [0.5, 0.6) is 5.75 Å². The predicted molar refractivity (Wildman–Crippen MR) is 119 cm³/mol. The van der Waals surface area contributed by atoms with Gasteiger partial charge in [0.15, 0.2) is 0 Å². The number of rotatable bonds is 8. The quantitative estimate of drug-likeness (QED) is 0.527. The molecule has 0 saturated carbocycles. The lowest BCUT2D eigenvalue weighted by molar-refractivity contribution is -0.137. The van der Waals surface area contributed by atoms with Crippen LogP contribution < -0.4 is 4.74 Å². The minimum absolute atomic E-state index is 0.00903. The Morgan fingerprint density at radius 2 is 1.93 bits per heavy atom. The normalized spacial score (nSPS) is 11.9. The van der Waals surface area contributed by atoms with E-state index in [9.17, 15) is 4.79 Å². The molecular formula is C25H28N2O3. The first-order chi connectivity index (χ1) is 14.4. The Hall–Kier alpha value is -3.26. The lowest BCUT2D eigenvalue weighted by atomic mass is 9.96. The van der Waals surface area contributed by atoms with Crippen LogP contribution in [0.15, 0.2) is 42.5 Å². The van der Waals surface area contributed by atoms with Gasteiger partial charge in [-0.2, -0.15) is 5.10 Å². The molecule has 0 aliphatic heterocycles. The van der Waals surface area contributed by atoms with Crippen LogP contribution in [0.1, 0.15) is 49.9 Å². The van der Waals surface area contributed by atoms with E-state index in [0.717, 1.165) is 40.0 Å². The van der Waals surface area contributed by atoms with Crippen LogP contribution >= 0.6 is 0 Å². The van der Waals surface area contributed by atoms with Gasteiger partial charge in [-0.3, -0.25) is 9.48 Å². The number of aryl methyl sites for hydroxylation is 1. The summed E-state index contributed by atoms with van der Waals surface area (Å²) in [5.74, 6) is 5.89. The summed E-state index contributed by atoms with van der Waals surface area (Å²) < 4.78 is 8.02. The van der Waals surface area contributed by atoms with Gasteiger partial charge in [0.05, 0.1) is 23.5 Å². The Morgan fingerprint density at radius 3 is 2.57 bits per heavy atom. The van der Waals surface area contributed by atoms with Crippen molar-refractivity contribution in [2.45, 2.75) is 53.2 Å². The fourth-order valence-corrected chi connectivity index (χ4v) is 3.53. The van der Waals surface area contributed by atoms with Crippen LogP contribution in [0.4, 0.5) is 0 Å². The molecule has 0 amide bonds. The Bertz CT molecular complexity index is 1090. The summed E-state index contributed by atoms with van der Waals surface area (Å²) in [6.45, 7) is 9.49. The van der Waals surface area contributed by atoms with Gasteiger partial charge >= 0.3 is 5.97 Å². The highest BCUT2D eigenvalue weighted by Gasteiger charge is 2.13. The maximum absolute atomic E-state index is 11.1. The van der Waals surface area contributed by atoms with Crippen molar-refractivity contribution in [1.29, 1.82) is 0 Å². The molecule has 156 valence electrons. The van der Waals surface area contributed by atoms with Crippen molar-refractivity contribution in [2.24, 2.45) is 5.92 Å². The van der Waals surface area contributed by atoms with Gasteiger partial charge in [0, 0.05) is 11.9 Å². The van der Waals surface area contributed by atoms with E-state index in [1.54, 1.807) is 6.92 Å². The number of hydrogen-bond acceptors (Lipinski definition) is 3. The van der Waals surface area contributed by atoms with Gasteiger partial charge in [-0.15, -0.1) is 5.92 Å². The monoisotopic (exact) mass is 404 g/mol. The molecule has 2 aromatic carbocycles. The van der Waals surface area contributed by atoms with E-state index in [1.165, 1.54) is 0 Å². The van der Waals surface area contributed by atoms with Crippen LogP contribution in [0.2, 0.25) is 0 Å². The first-order valence-electron chi connectivity index (χ1n) is 10.2. The van der Waals surface area contributed by atoms with E-state index in [-0.39, 0.29) is 12.3 Å². The van der Waals surface area contributed by atoms with Gasteiger partial charge < -0.3 is 9.84 Å². The van der Waals surface area contributed by atoms with Gasteiger partial charge in [-0.25, -0.2) is 0 Å². The standard InChI is InChI=1S/C25H28N2O3/c1-5-6-21(14-25(28)29)20-8-10-22(11-9-20)30-16-19-7-12-24-23(13-19)18(4)26-27(24)15-17(2)3/h7-13,17,21H,14-16H2,1-4H3,(H,28,29)/t21-/m0/s1. The summed E-state index contributed by atoms with van der Waals surface area (Å²) >= 11 is 0. The number of carboxylic acid groups (broad SMARTS) is 1. The van der Waals surface area contributed by atoms with E-state index in [0.29, 0.717) is 12.5 Å². The molecule has 1 N–H and O–H groups in total. The van der Waals surface area contributed by atoms with Crippen molar-refractivity contribution >= 4 is 16.9 Å². The number of hydrogen-bond donors (Lipinski definition) is 1. The molecule has 0 spiro atoms. The number of aliphatic carboxylic acids is 1. The molecule has 0 aliphatic rings. The minimum Gasteiger partial charge on any atom is -0.489 e. The highest BCUT2D eigenvalue weighted by molar-refractivity contribution is 5.82. The molecule has 5 heteroatoms. The Morgan fingerprint density at radius 1 is 1.20 bits per heavy atom. The Balaban J connectivity index is 1.70. The van der Waals surface area contributed by atoms with E-state index in [2.05, 4.69) is 53.7 Å². The average molecular weight is 405 g/mol. The van der Waals surface area contributed by atoms with Crippen molar-refractivity contribution < 1.29 is 14.6 Å². The highest BCUT2D eigenvalue weighted by atomic mass is 16.5. The average Bonchev–Trinajstić information content (AvgIpc) is 3.00. The van der Waals surface area contributed by atoms with Crippen molar-refractivity contribution in [3.8, 4) is 17.6 Å². The van der Waals surface area contributed by atoms with Gasteiger partial charge in [0.1, 0.15) is 12.4 Å². The summed E-state index contributed by atoms with van der Waals surface area (Å²) in [6, 6.07) is 13.8. The number of fused-ring (bicyclic) bond motifs is 1. The van der Waals surface area contributed by atoms with Gasteiger partial charge in [-0.1, -0.05) is 38.0 Å². The predicted octanol–water partition coefficient (Wildman–Crippen LogP) is 5.16. The molecule has 3 rings (SSSR count). The molecule has 0 saturated heterocycles. The third-order valence-electron chi connectivity index (χ3n) is 4.92. The summed E-state index contributed by atoms with van der Waals surface area (Å²) in [7, 11) is 0. The summed E-state index contributed by atoms with van der Waals surface area (Å²) in [4.78, 5) is 11.1. The molecule has 1 atom stereocenters. The van der Waals surface area contributed by atoms with E-state index in [1.807, 2.05) is 31.2 Å². The molecular weight excluding hydrogens is 376 g/mol. The van der Waals surface area contributed by atoms with Gasteiger partial charge in [0.2, 0.25) is 0 Å². The number of benzene rings is 2. The van der Waals surface area contributed by atoms with Gasteiger partial charge in [0.25, 0.3) is 0 Å². The first kappa shape index (κ1) is 21.4. The third kappa shape index (κ3) is 5.21. The summed E-state index contributed by atoms with van der Waals surface area (Å²) in [6.07, 6.45) is -0.00903. The number of nitrogens with zero attached hydrogens (tertiary/aromatic N) is 2. The first-order valence-corrected chi connectivity index (χ1v) is 10.2. The van der Waals surface area contributed by atoms with Crippen molar-refractivity contribution in [1.82, 2.24) is 9.78 Å². The lowest BCUT2D eigenvalue weighted by Crippen LogP contribution is -2.06. The zero-order chi connectivity index (χ0) is 21.7. The van der Waals surface area contributed by atoms with Crippen LogP contribution in [0.25, 0.3) is 10.9 Å². The van der Waals surface area contributed by atoms with E-state index in [4.69, 9.17) is 9.84 Å². The Kier molecular flexibility index (Phi) is 6.79. The second-order valence-corrected chi connectivity index (χ2v) is 7.92. The van der Waals surface area contributed by atoms with Crippen LogP contribution in [0.3, 0.4) is 0 Å². The lowest BCUT2D eigenvalue weighted by Gasteiger charge is -2.11. The molecule has 0 aliphatic carbocycles. The third-order valence-corrected chi connectivity index (χ3v) is 4.92. The van der Waals surface area contributed by atoms with Crippen molar-refractivity contribution in [3.63, 3.8) is 0 Å². The number of ether oxygens (including phenoxy) is 1. The molecule has 0 radical (unpaired) electrons. The largest absolute Gasteiger partial charge is 0.489 e. The number of carboxylic acids is 1. The van der Waals surface area contributed by atoms with Crippen molar-refractivity contribution in [2.75, 3.05) is 0 Å². The molecule has 3 aromatic rings. The number of carbonyl (C=O) groups is 1. The minimum atomic E-state index is -0.856. The molecule has 1 aromatic heterocycles. The zero-order valence-electron chi connectivity index (χ0n) is 18.0. The second-order valence-electron chi connectivity index (χ2n) is 7.92. The Labute approximate surface area is 177 Å². The smallest absolute Gasteiger partial charge is 0.304 e. The molecule has 0 unspecified atom stereocenters. The zero-order valence-corrected chi connectivity index (χ0v) is 18.0. The molecule has 0 bridgehead atoms. The van der Waals surface area contributed by atoms with Crippen molar-refractivity contribution in [3.05, 3.63) is 59.3 Å². The maximum atomic E-state index is 11.1. The van der Waals surface area contributed by atoms with E-state index >= 15 is 0 Å². The van der Waals surface area contributed by atoms with E-state index < -0.39 is 5.97 Å². The van der Waals surface area contributed by atoms with Gasteiger partial charge in [-0.05, 0) is 55.2 Å². The molecule has 0 fully saturated rings. The molecule has 5 nitrogen and oxygen atoms in total. The highest BCUT2D eigenvalue weighted by Crippen LogP contribution is 2.24. The molecule has 30 heavy (non-hydrogen) atoms. The SMILES string of the molecule is CC#C[C@@H](CC(=O)O)c1ccc(OCc2ccc3c(c2)c(C)nn3CC(C)C)cc1. The second kappa shape index (κ2) is 9.49. The molecule has 1 heterocycles. The van der Waals surface area contributed by atoms with Crippen LogP contribution in [-0.4, -0.2) is 20.9 Å². The summed E-state index contributed by atoms with van der Waals surface area (Å²) in [5.41, 5.74) is 4.14. The maximum Gasteiger partial charge on any atom is 0.304 e. The summed E-state index contributed by atoms with van der Waals surface area (Å²) in [5, 5.41) is 14.9. The van der Waals surface area contributed by atoms with Crippen LogP contribution in [-0.2, 0) is 17.9 Å². The fraction of sp³-hybridized carbons (Fsp3) is 0.360. The fourth-order valence-electron chi connectivity index (χ4n) is 3.53. The number of aromatic nitrogens is 2. The topological polar surface area (TPSA) is 64.3 Å². The van der Waals surface area contributed by atoms with Crippen LogP contribution in [0, 0.1) is 24.7 Å².